The summed E-state index contributed by atoms with van der Waals surface area (Å²) in [5, 5.41) is 0.762. The number of aryl methyl sites for hydroxylation is 2. The molecule has 0 fully saturated rings. The van der Waals surface area contributed by atoms with E-state index in [-0.39, 0.29) is 0 Å². The second-order valence-corrected chi connectivity index (χ2v) is 4.43. The number of unbranched alkanes of at least 4 members (excludes halogenated alkanes) is 1. The van der Waals surface area contributed by atoms with Gasteiger partial charge in [0.2, 0.25) is 0 Å². The summed E-state index contributed by atoms with van der Waals surface area (Å²) in [5.41, 5.74) is 2.18. The van der Waals surface area contributed by atoms with E-state index in [1.165, 1.54) is 0 Å². The maximum atomic E-state index is 5.93. The lowest BCUT2D eigenvalue weighted by atomic mass is 10.1. The Labute approximate surface area is 101 Å². The molecule has 1 aromatic rings. The van der Waals surface area contributed by atoms with Gasteiger partial charge in [-0.1, -0.05) is 11.6 Å². The maximum Gasteiger partial charge on any atom is 0.125 e. The third kappa shape index (κ3) is 3.92. The molecule has 0 bridgehead atoms. The van der Waals surface area contributed by atoms with Crippen LogP contribution >= 0.6 is 23.2 Å². The van der Waals surface area contributed by atoms with Crippen molar-refractivity contribution in [2.24, 2.45) is 0 Å². The van der Waals surface area contributed by atoms with Crippen LogP contribution < -0.4 is 4.74 Å². The zero-order valence-corrected chi connectivity index (χ0v) is 10.7. The molecule has 84 valence electrons. The van der Waals surface area contributed by atoms with Crippen LogP contribution in [-0.2, 0) is 0 Å². The third-order valence-corrected chi connectivity index (χ3v) is 2.68. The zero-order chi connectivity index (χ0) is 11.3. The predicted molar refractivity (Wildman–Crippen MR) is 66.4 cm³/mol. The van der Waals surface area contributed by atoms with Gasteiger partial charge in [-0.3, -0.25) is 0 Å². The van der Waals surface area contributed by atoms with Crippen molar-refractivity contribution in [2.45, 2.75) is 26.7 Å². The summed E-state index contributed by atoms with van der Waals surface area (Å²) >= 11 is 11.5. The van der Waals surface area contributed by atoms with Gasteiger partial charge in [0.05, 0.1) is 6.61 Å². The first-order valence-corrected chi connectivity index (χ1v) is 6.02. The molecule has 1 aromatic carbocycles. The molecule has 0 spiro atoms. The van der Waals surface area contributed by atoms with Gasteiger partial charge in [0.1, 0.15) is 5.75 Å². The number of benzene rings is 1. The molecule has 0 aliphatic heterocycles. The Bertz CT molecular complexity index is 300. The van der Waals surface area contributed by atoms with Crippen molar-refractivity contribution in [2.75, 3.05) is 12.5 Å². The highest BCUT2D eigenvalue weighted by Gasteiger charge is 2.05. The van der Waals surface area contributed by atoms with Crippen LogP contribution in [0.1, 0.15) is 24.0 Å². The molecule has 0 heterocycles. The smallest absolute Gasteiger partial charge is 0.125 e. The fourth-order valence-corrected chi connectivity index (χ4v) is 2.01. The Kier molecular flexibility index (Phi) is 5.27. The van der Waals surface area contributed by atoms with Crippen molar-refractivity contribution in [1.29, 1.82) is 0 Å². The van der Waals surface area contributed by atoms with E-state index in [2.05, 4.69) is 0 Å². The number of rotatable bonds is 5. The van der Waals surface area contributed by atoms with E-state index in [0.29, 0.717) is 5.88 Å². The zero-order valence-electron chi connectivity index (χ0n) is 9.15. The number of alkyl halides is 1. The summed E-state index contributed by atoms with van der Waals surface area (Å²) in [6.07, 6.45) is 1.98. The molecular weight excluding hydrogens is 231 g/mol. The summed E-state index contributed by atoms with van der Waals surface area (Å²) in [6, 6.07) is 3.84. The van der Waals surface area contributed by atoms with E-state index >= 15 is 0 Å². The lowest BCUT2D eigenvalue weighted by molar-refractivity contribution is 0.305. The molecule has 0 aromatic heterocycles. The summed E-state index contributed by atoms with van der Waals surface area (Å²) in [5.74, 6) is 1.65. The largest absolute Gasteiger partial charge is 0.493 e. The minimum Gasteiger partial charge on any atom is -0.493 e. The van der Waals surface area contributed by atoms with E-state index in [1.54, 1.807) is 0 Å². The highest BCUT2D eigenvalue weighted by Crippen LogP contribution is 2.27. The van der Waals surface area contributed by atoms with Crippen molar-refractivity contribution >= 4 is 23.2 Å². The summed E-state index contributed by atoms with van der Waals surface area (Å²) in [7, 11) is 0. The maximum absolute atomic E-state index is 5.93. The van der Waals surface area contributed by atoms with E-state index < -0.39 is 0 Å². The van der Waals surface area contributed by atoms with Crippen LogP contribution in [0.3, 0.4) is 0 Å². The molecule has 0 unspecified atom stereocenters. The fraction of sp³-hybridized carbons (Fsp3) is 0.500. The molecule has 1 nitrogen and oxygen atoms in total. The molecule has 0 aliphatic rings. The first kappa shape index (κ1) is 12.7. The second-order valence-electron chi connectivity index (χ2n) is 3.61. The van der Waals surface area contributed by atoms with Crippen LogP contribution in [0.4, 0.5) is 0 Å². The monoisotopic (exact) mass is 246 g/mol. The second kappa shape index (κ2) is 6.24. The molecule has 0 aliphatic carbocycles. The molecule has 0 saturated carbocycles. The third-order valence-electron chi connectivity index (χ3n) is 2.20. The molecule has 0 radical (unpaired) electrons. The van der Waals surface area contributed by atoms with Crippen LogP contribution in [0.5, 0.6) is 5.75 Å². The standard InChI is InChI=1S/C12H16Cl2O/c1-9-7-11(14)8-10(2)12(9)15-6-4-3-5-13/h7-8H,3-6H2,1-2H3. The van der Waals surface area contributed by atoms with Gasteiger partial charge in [-0.15, -0.1) is 11.6 Å². The van der Waals surface area contributed by atoms with Crippen LogP contribution in [0, 0.1) is 13.8 Å². The Morgan fingerprint density at radius 2 is 1.73 bits per heavy atom. The van der Waals surface area contributed by atoms with Crippen molar-refractivity contribution in [1.82, 2.24) is 0 Å². The Hall–Kier alpha value is -0.400. The number of ether oxygens (including phenoxy) is 1. The summed E-state index contributed by atoms with van der Waals surface area (Å²) in [4.78, 5) is 0. The van der Waals surface area contributed by atoms with Crippen molar-refractivity contribution in [3.8, 4) is 5.75 Å². The molecule has 0 saturated heterocycles. The molecule has 0 amide bonds. The number of hydrogen-bond acceptors (Lipinski definition) is 1. The van der Waals surface area contributed by atoms with Crippen molar-refractivity contribution < 1.29 is 4.74 Å². The van der Waals surface area contributed by atoms with Crippen LogP contribution in [0.15, 0.2) is 12.1 Å². The topological polar surface area (TPSA) is 9.23 Å². The van der Waals surface area contributed by atoms with Gasteiger partial charge in [0.25, 0.3) is 0 Å². The van der Waals surface area contributed by atoms with Crippen LogP contribution in [0.2, 0.25) is 5.02 Å². The van der Waals surface area contributed by atoms with Gasteiger partial charge >= 0.3 is 0 Å². The van der Waals surface area contributed by atoms with Gasteiger partial charge in [0.15, 0.2) is 0 Å². The molecule has 0 atom stereocenters. The van der Waals surface area contributed by atoms with Gasteiger partial charge < -0.3 is 4.74 Å². The average molecular weight is 247 g/mol. The molecule has 1 rings (SSSR count). The normalized spacial score (nSPS) is 10.4. The highest BCUT2D eigenvalue weighted by atomic mass is 35.5. The van der Waals surface area contributed by atoms with Crippen LogP contribution in [-0.4, -0.2) is 12.5 Å². The molecule has 3 heteroatoms. The lowest BCUT2D eigenvalue weighted by Gasteiger charge is -2.12. The average Bonchev–Trinajstić information content (AvgIpc) is 2.15. The quantitative estimate of drug-likeness (QED) is 0.555. The van der Waals surface area contributed by atoms with E-state index in [9.17, 15) is 0 Å². The SMILES string of the molecule is Cc1cc(Cl)cc(C)c1OCCCCCl. The van der Waals surface area contributed by atoms with E-state index in [0.717, 1.165) is 41.3 Å². The minimum absolute atomic E-state index is 0.696. The van der Waals surface area contributed by atoms with Gasteiger partial charge in [-0.2, -0.15) is 0 Å². The van der Waals surface area contributed by atoms with Crippen LogP contribution in [0.25, 0.3) is 0 Å². The number of halogens is 2. The Morgan fingerprint density at radius 1 is 1.13 bits per heavy atom. The molecular formula is C12H16Cl2O. The first-order chi connectivity index (χ1) is 7.15. The first-order valence-electron chi connectivity index (χ1n) is 5.10. The fourth-order valence-electron chi connectivity index (χ4n) is 1.50. The van der Waals surface area contributed by atoms with E-state index in [1.807, 2.05) is 26.0 Å². The molecule has 0 N–H and O–H groups in total. The van der Waals surface area contributed by atoms with E-state index in [4.69, 9.17) is 27.9 Å². The van der Waals surface area contributed by atoms with Gasteiger partial charge in [-0.05, 0) is 49.9 Å². The summed E-state index contributed by atoms with van der Waals surface area (Å²) in [6.45, 7) is 4.74. The molecule has 15 heavy (non-hydrogen) atoms. The van der Waals surface area contributed by atoms with Gasteiger partial charge in [0, 0.05) is 10.9 Å². The highest BCUT2D eigenvalue weighted by molar-refractivity contribution is 6.30. The predicted octanol–water partition coefficient (Wildman–Crippen LogP) is 4.35. The number of hydrogen-bond donors (Lipinski definition) is 0. The minimum atomic E-state index is 0.696. The van der Waals surface area contributed by atoms with Crippen molar-refractivity contribution in [3.63, 3.8) is 0 Å². The van der Waals surface area contributed by atoms with Crippen molar-refractivity contribution in [3.05, 3.63) is 28.3 Å². The Morgan fingerprint density at radius 3 is 2.27 bits per heavy atom. The lowest BCUT2D eigenvalue weighted by Crippen LogP contribution is -2.01. The summed E-state index contributed by atoms with van der Waals surface area (Å²) < 4.78 is 5.71. The van der Waals surface area contributed by atoms with Gasteiger partial charge in [-0.25, -0.2) is 0 Å². The Balaban J connectivity index is 2.60.